The first kappa shape index (κ1) is 13.7. The molecular weight excluding hydrogens is 288 g/mol. The van der Waals surface area contributed by atoms with Crippen LogP contribution in [-0.2, 0) is 4.79 Å². The standard InChI is InChI=1S/C11H17BrN2OS/c1-7(2)14-10(15)6-13-8(3)11-9(12)4-5-16-11/h4-5,7-8,13H,6H2,1-3H3,(H,14,15). The van der Waals surface area contributed by atoms with Crippen LogP contribution in [0.4, 0.5) is 0 Å². The lowest BCUT2D eigenvalue weighted by Gasteiger charge is -2.14. The van der Waals surface area contributed by atoms with Crippen molar-refractivity contribution in [2.45, 2.75) is 32.9 Å². The van der Waals surface area contributed by atoms with Crippen LogP contribution in [0.1, 0.15) is 31.7 Å². The van der Waals surface area contributed by atoms with Gasteiger partial charge in [-0.15, -0.1) is 11.3 Å². The Hall–Kier alpha value is -0.390. The summed E-state index contributed by atoms with van der Waals surface area (Å²) >= 11 is 5.17. The number of hydrogen-bond donors (Lipinski definition) is 2. The molecule has 1 heterocycles. The number of rotatable bonds is 5. The van der Waals surface area contributed by atoms with E-state index in [1.54, 1.807) is 11.3 Å². The third-order valence-corrected chi connectivity index (χ3v) is 4.11. The molecule has 0 aromatic carbocycles. The summed E-state index contributed by atoms with van der Waals surface area (Å²) in [5.41, 5.74) is 0. The summed E-state index contributed by atoms with van der Waals surface area (Å²) in [7, 11) is 0. The molecule has 3 nitrogen and oxygen atoms in total. The molecule has 1 aromatic rings. The van der Waals surface area contributed by atoms with Gasteiger partial charge in [0.15, 0.2) is 0 Å². The highest BCUT2D eigenvalue weighted by molar-refractivity contribution is 9.10. The van der Waals surface area contributed by atoms with Crippen molar-refractivity contribution in [3.63, 3.8) is 0 Å². The maximum Gasteiger partial charge on any atom is 0.234 e. The van der Waals surface area contributed by atoms with E-state index < -0.39 is 0 Å². The molecule has 0 radical (unpaired) electrons. The van der Waals surface area contributed by atoms with E-state index in [0.717, 1.165) is 4.47 Å². The van der Waals surface area contributed by atoms with E-state index >= 15 is 0 Å². The second-order valence-corrected chi connectivity index (χ2v) is 5.76. The number of nitrogens with one attached hydrogen (secondary N) is 2. The summed E-state index contributed by atoms with van der Waals surface area (Å²) in [5, 5.41) is 8.08. The largest absolute Gasteiger partial charge is 0.353 e. The molecule has 0 saturated carbocycles. The Morgan fingerprint density at radius 3 is 2.69 bits per heavy atom. The van der Waals surface area contributed by atoms with Crippen LogP contribution in [0, 0.1) is 0 Å². The summed E-state index contributed by atoms with van der Waals surface area (Å²) in [6.45, 7) is 6.32. The fourth-order valence-corrected chi connectivity index (χ4v) is 3.08. The Bertz CT molecular complexity index is 352. The maximum atomic E-state index is 11.4. The minimum Gasteiger partial charge on any atom is -0.353 e. The van der Waals surface area contributed by atoms with Crippen LogP contribution in [0.15, 0.2) is 15.9 Å². The molecule has 5 heteroatoms. The second kappa shape index (κ2) is 6.37. The molecule has 1 aromatic heterocycles. The Balaban J connectivity index is 2.39. The number of hydrogen-bond acceptors (Lipinski definition) is 3. The van der Waals surface area contributed by atoms with Crippen LogP contribution in [-0.4, -0.2) is 18.5 Å². The van der Waals surface area contributed by atoms with Gasteiger partial charge in [0.2, 0.25) is 5.91 Å². The molecule has 0 aliphatic carbocycles. The summed E-state index contributed by atoms with van der Waals surface area (Å²) in [4.78, 5) is 12.7. The lowest BCUT2D eigenvalue weighted by atomic mass is 10.2. The van der Waals surface area contributed by atoms with Crippen molar-refractivity contribution in [2.24, 2.45) is 0 Å². The van der Waals surface area contributed by atoms with Crippen molar-refractivity contribution in [1.29, 1.82) is 0 Å². The molecule has 0 spiro atoms. The lowest BCUT2D eigenvalue weighted by molar-refractivity contribution is -0.120. The van der Waals surface area contributed by atoms with Crippen molar-refractivity contribution in [3.8, 4) is 0 Å². The predicted octanol–water partition coefficient (Wildman–Crippen LogP) is 2.69. The fraction of sp³-hybridized carbons (Fsp3) is 0.545. The van der Waals surface area contributed by atoms with Gasteiger partial charge in [-0.2, -0.15) is 0 Å². The minimum absolute atomic E-state index is 0.0366. The van der Waals surface area contributed by atoms with Crippen LogP contribution in [0.2, 0.25) is 0 Å². The normalized spacial score (nSPS) is 12.8. The van der Waals surface area contributed by atoms with Gasteiger partial charge in [0.25, 0.3) is 0 Å². The van der Waals surface area contributed by atoms with E-state index in [-0.39, 0.29) is 18.0 Å². The summed E-state index contributed by atoms with van der Waals surface area (Å²) in [6, 6.07) is 2.40. The van der Waals surface area contributed by atoms with Gasteiger partial charge in [-0.3, -0.25) is 4.79 Å². The van der Waals surface area contributed by atoms with E-state index in [4.69, 9.17) is 0 Å². The van der Waals surface area contributed by atoms with Crippen LogP contribution < -0.4 is 10.6 Å². The van der Waals surface area contributed by atoms with E-state index in [2.05, 4.69) is 33.5 Å². The Kier molecular flexibility index (Phi) is 5.44. The highest BCUT2D eigenvalue weighted by Crippen LogP contribution is 2.28. The molecule has 1 rings (SSSR count). The summed E-state index contributed by atoms with van der Waals surface area (Å²) in [6.07, 6.45) is 0. The number of thiophene rings is 1. The summed E-state index contributed by atoms with van der Waals surface area (Å²) < 4.78 is 1.10. The Labute approximate surface area is 109 Å². The van der Waals surface area contributed by atoms with Crippen molar-refractivity contribution in [3.05, 3.63) is 20.8 Å². The highest BCUT2D eigenvalue weighted by Gasteiger charge is 2.11. The monoisotopic (exact) mass is 304 g/mol. The van der Waals surface area contributed by atoms with Crippen molar-refractivity contribution < 1.29 is 4.79 Å². The second-order valence-electron chi connectivity index (χ2n) is 3.96. The van der Waals surface area contributed by atoms with Gasteiger partial charge in [-0.25, -0.2) is 0 Å². The molecule has 0 fully saturated rings. The first-order valence-corrected chi connectivity index (χ1v) is 6.93. The zero-order chi connectivity index (χ0) is 12.1. The van der Waals surface area contributed by atoms with Crippen molar-refractivity contribution in [1.82, 2.24) is 10.6 Å². The molecule has 0 aliphatic rings. The van der Waals surface area contributed by atoms with Gasteiger partial charge < -0.3 is 10.6 Å². The SMILES string of the molecule is CC(C)NC(=O)CNC(C)c1sccc1Br. The number of carbonyl (C=O) groups excluding carboxylic acids is 1. The molecule has 1 amide bonds. The van der Waals surface area contributed by atoms with E-state index in [1.807, 2.05) is 25.3 Å². The third-order valence-electron chi connectivity index (χ3n) is 2.06. The van der Waals surface area contributed by atoms with Gasteiger partial charge in [-0.05, 0) is 48.1 Å². The summed E-state index contributed by atoms with van der Waals surface area (Å²) in [5.74, 6) is 0.0366. The molecule has 2 N–H and O–H groups in total. The van der Waals surface area contributed by atoms with Crippen LogP contribution >= 0.6 is 27.3 Å². The van der Waals surface area contributed by atoms with Gasteiger partial charge >= 0.3 is 0 Å². The molecule has 0 aliphatic heterocycles. The smallest absolute Gasteiger partial charge is 0.234 e. The van der Waals surface area contributed by atoms with Gasteiger partial charge in [0.05, 0.1) is 6.54 Å². The molecular formula is C11H17BrN2OS. The molecule has 1 atom stereocenters. The molecule has 16 heavy (non-hydrogen) atoms. The van der Waals surface area contributed by atoms with Crippen molar-refractivity contribution >= 4 is 33.2 Å². The molecule has 90 valence electrons. The minimum atomic E-state index is 0.0366. The van der Waals surface area contributed by atoms with E-state index in [0.29, 0.717) is 6.54 Å². The zero-order valence-electron chi connectivity index (χ0n) is 9.71. The number of amides is 1. The maximum absolute atomic E-state index is 11.4. The first-order chi connectivity index (χ1) is 7.50. The zero-order valence-corrected chi connectivity index (χ0v) is 12.1. The van der Waals surface area contributed by atoms with E-state index in [1.165, 1.54) is 4.88 Å². The van der Waals surface area contributed by atoms with Crippen LogP contribution in [0.3, 0.4) is 0 Å². The Morgan fingerprint density at radius 1 is 1.50 bits per heavy atom. The lowest BCUT2D eigenvalue weighted by Crippen LogP contribution is -2.38. The molecule has 0 saturated heterocycles. The molecule has 0 bridgehead atoms. The molecule has 1 unspecified atom stereocenters. The van der Waals surface area contributed by atoms with Gasteiger partial charge in [0.1, 0.15) is 0 Å². The van der Waals surface area contributed by atoms with Crippen molar-refractivity contribution in [2.75, 3.05) is 6.54 Å². The topological polar surface area (TPSA) is 41.1 Å². The van der Waals surface area contributed by atoms with Crippen LogP contribution in [0.25, 0.3) is 0 Å². The number of halogens is 1. The number of carbonyl (C=O) groups is 1. The average molecular weight is 305 g/mol. The quantitative estimate of drug-likeness (QED) is 0.878. The van der Waals surface area contributed by atoms with Crippen LogP contribution in [0.5, 0.6) is 0 Å². The van der Waals surface area contributed by atoms with Gasteiger partial charge in [-0.1, -0.05) is 0 Å². The fourth-order valence-electron chi connectivity index (χ4n) is 1.33. The van der Waals surface area contributed by atoms with Gasteiger partial charge in [0, 0.05) is 21.4 Å². The average Bonchev–Trinajstić information content (AvgIpc) is 2.60. The highest BCUT2D eigenvalue weighted by atomic mass is 79.9. The third kappa shape index (κ3) is 4.23. The van der Waals surface area contributed by atoms with E-state index in [9.17, 15) is 4.79 Å². The predicted molar refractivity (Wildman–Crippen MR) is 71.7 cm³/mol. The first-order valence-electron chi connectivity index (χ1n) is 5.26. The Morgan fingerprint density at radius 2 is 2.19 bits per heavy atom.